The first-order valence-electron chi connectivity index (χ1n) is 7.57. The summed E-state index contributed by atoms with van der Waals surface area (Å²) in [7, 11) is 2.80. The van der Waals surface area contributed by atoms with E-state index in [9.17, 15) is 14.7 Å². The van der Waals surface area contributed by atoms with Crippen LogP contribution in [0.25, 0.3) is 0 Å². The molecule has 1 aromatic rings. The summed E-state index contributed by atoms with van der Waals surface area (Å²) in [5.74, 6) is -0.357. The molecule has 128 valence electrons. The van der Waals surface area contributed by atoms with Gasteiger partial charge >= 0.3 is 5.97 Å². The molecule has 0 aromatic heterocycles. The van der Waals surface area contributed by atoms with Crippen molar-refractivity contribution < 1.29 is 24.2 Å². The van der Waals surface area contributed by atoms with Crippen LogP contribution in [-0.4, -0.2) is 43.3 Å². The van der Waals surface area contributed by atoms with Crippen LogP contribution in [0.1, 0.15) is 25.8 Å². The van der Waals surface area contributed by atoms with Gasteiger partial charge in [0.1, 0.15) is 17.9 Å². The Morgan fingerprint density at radius 3 is 2.43 bits per heavy atom. The van der Waals surface area contributed by atoms with E-state index in [2.05, 4.69) is 5.32 Å². The SMILES string of the molecule is COC(=O)[C@@H](Cc1ccccc1OC)NC(=O)[C@@H](O)CC(C)C. The number of aliphatic hydroxyl groups is 1. The zero-order valence-electron chi connectivity index (χ0n) is 14.0. The number of carbonyl (C=O) groups is 2. The summed E-state index contributed by atoms with van der Waals surface area (Å²) in [6.07, 6.45) is -0.606. The van der Waals surface area contributed by atoms with Crippen LogP contribution < -0.4 is 10.1 Å². The number of carbonyl (C=O) groups excluding carboxylic acids is 2. The van der Waals surface area contributed by atoms with Crippen LogP contribution in [0.2, 0.25) is 0 Å². The lowest BCUT2D eigenvalue weighted by Crippen LogP contribution is -2.47. The van der Waals surface area contributed by atoms with Crippen molar-refractivity contribution in [2.45, 2.75) is 38.8 Å². The van der Waals surface area contributed by atoms with Crippen LogP contribution in [0.15, 0.2) is 24.3 Å². The van der Waals surface area contributed by atoms with Crippen LogP contribution in [-0.2, 0) is 20.7 Å². The second kappa shape index (κ2) is 9.15. The Hall–Kier alpha value is -2.08. The van der Waals surface area contributed by atoms with Gasteiger partial charge < -0.3 is 19.9 Å². The molecule has 0 heterocycles. The molecule has 2 N–H and O–H groups in total. The molecular weight excluding hydrogens is 298 g/mol. The van der Waals surface area contributed by atoms with E-state index in [-0.39, 0.29) is 12.3 Å². The summed E-state index contributed by atoms with van der Waals surface area (Å²) in [5, 5.41) is 12.4. The highest BCUT2D eigenvalue weighted by atomic mass is 16.5. The Morgan fingerprint density at radius 1 is 1.22 bits per heavy atom. The van der Waals surface area contributed by atoms with Gasteiger partial charge in [-0.05, 0) is 24.0 Å². The molecule has 1 rings (SSSR count). The van der Waals surface area contributed by atoms with Gasteiger partial charge in [-0.3, -0.25) is 4.79 Å². The van der Waals surface area contributed by atoms with Crippen molar-refractivity contribution in [2.24, 2.45) is 5.92 Å². The molecular formula is C17H25NO5. The van der Waals surface area contributed by atoms with Crippen LogP contribution in [0.3, 0.4) is 0 Å². The maximum atomic E-state index is 12.1. The van der Waals surface area contributed by atoms with Gasteiger partial charge in [-0.15, -0.1) is 0 Å². The van der Waals surface area contributed by atoms with Gasteiger partial charge in [0.05, 0.1) is 14.2 Å². The summed E-state index contributed by atoms with van der Waals surface area (Å²) >= 11 is 0. The number of methoxy groups -OCH3 is 2. The minimum Gasteiger partial charge on any atom is -0.496 e. The molecule has 0 radical (unpaired) electrons. The van der Waals surface area contributed by atoms with Gasteiger partial charge in [0.2, 0.25) is 5.91 Å². The van der Waals surface area contributed by atoms with Crippen molar-refractivity contribution >= 4 is 11.9 Å². The Labute approximate surface area is 136 Å². The van der Waals surface area contributed by atoms with Crippen LogP contribution in [0.4, 0.5) is 0 Å². The summed E-state index contributed by atoms with van der Waals surface area (Å²) < 4.78 is 9.99. The standard InChI is InChI=1S/C17H25NO5/c1-11(2)9-14(19)16(20)18-13(17(21)23-4)10-12-7-5-6-8-15(12)22-3/h5-8,11,13-14,19H,9-10H2,1-4H3,(H,18,20)/t13-,14+/m1/s1. The molecule has 0 saturated heterocycles. The highest BCUT2D eigenvalue weighted by Gasteiger charge is 2.26. The number of aliphatic hydroxyl groups excluding tert-OH is 1. The van der Waals surface area contributed by atoms with Crippen molar-refractivity contribution in [1.29, 1.82) is 0 Å². The van der Waals surface area contributed by atoms with E-state index in [0.717, 1.165) is 5.56 Å². The van der Waals surface area contributed by atoms with Crippen molar-refractivity contribution in [3.63, 3.8) is 0 Å². The number of hydrogen-bond donors (Lipinski definition) is 2. The molecule has 0 spiro atoms. The average Bonchev–Trinajstić information content (AvgIpc) is 2.53. The Kier molecular flexibility index (Phi) is 7.54. The molecule has 0 aliphatic heterocycles. The van der Waals surface area contributed by atoms with E-state index in [1.807, 2.05) is 32.0 Å². The first-order valence-corrected chi connectivity index (χ1v) is 7.57. The topological polar surface area (TPSA) is 84.9 Å². The van der Waals surface area contributed by atoms with Crippen molar-refractivity contribution in [3.05, 3.63) is 29.8 Å². The van der Waals surface area contributed by atoms with E-state index in [0.29, 0.717) is 12.2 Å². The van der Waals surface area contributed by atoms with E-state index in [1.165, 1.54) is 14.2 Å². The van der Waals surface area contributed by atoms with Gasteiger partial charge in [0.15, 0.2) is 0 Å². The second-order valence-corrected chi connectivity index (χ2v) is 5.75. The largest absolute Gasteiger partial charge is 0.496 e. The molecule has 2 atom stereocenters. The summed E-state index contributed by atoms with van der Waals surface area (Å²) in [6, 6.07) is 6.35. The fourth-order valence-corrected chi connectivity index (χ4v) is 2.25. The molecule has 1 amide bonds. The van der Waals surface area contributed by atoms with Crippen LogP contribution >= 0.6 is 0 Å². The molecule has 0 saturated carbocycles. The Bertz CT molecular complexity index is 529. The van der Waals surface area contributed by atoms with Gasteiger partial charge in [-0.2, -0.15) is 0 Å². The highest BCUT2D eigenvalue weighted by Crippen LogP contribution is 2.19. The molecule has 0 fully saturated rings. The summed E-state index contributed by atoms with van der Waals surface area (Å²) in [4.78, 5) is 24.0. The van der Waals surface area contributed by atoms with Crippen molar-refractivity contribution in [2.75, 3.05) is 14.2 Å². The molecule has 0 aliphatic carbocycles. The second-order valence-electron chi connectivity index (χ2n) is 5.75. The van der Waals surface area contributed by atoms with E-state index in [4.69, 9.17) is 9.47 Å². The number of benzene rings is 1. The first-order chi connectivity index (χ1) is 10.9. The molecule has 6 nitrogen and oxygen atoms in total. The predicted octanol–water partition coefficient (Wildman–Crippen LogP) is 1.30. The van der Waals surface area contributed by atoms with Gasteiger partial charge in [0, 0.05) is 6.42 Å². The van der Waals surface area contributed by atoms with Crippen molar-refractivity contribution in [3.8, 4) is 5.75 Å². The fourth-order valence-electron chi connectivity index (χ4n) is 2.25. The van der Waals surface area contributed by atoms with E-state index in [1.54, 1.807) is 6.07 Å². The lowest BCUT2D eigenvalue weighted by Gasteiger charge is -2.20. The third-order valence-corrected chi connectivity index (χ3v) is 3.42. The zero-order valence-corrected chi connectivity index (χ0v) is 14.0. The van der Waals surface area contributed by atoms with Crippen LogP contribution in [0, 0.1) is 5.92 Å². The summed E-state index contributed by atoms with van der Waals surface area (Å²) in [5.41, 5.74) is 0.768. The maximum absolute atomic E-state index is 12.1. The smallest absolute Gasteiger partial charge is 0.328 e. The number of nitrogens with one attached hydrogen (secondary N) is 1. The van der Waals surface area contributed by atoms with Crippen LogP contribution in [0.5, 0.6) is 5.75 Å². The Morgan fingerprint density at radius 2 is 1.87 bits per heavy atom. The molecule has 0 unspecified atom stereocenters. The van der Waals surface area contributed by atoms with E-state index >= 15 is 0 Å². The first kappa shape index (κ1) is 19.0. The number of esters is 1. The minimum atomic E-state index is -1.15. The van der Waals surface area contributed by atoms with Gasteiger partial charge in [0.25, 0.3) is 0 Å². The van der Waals surface area contributed by atoms with Gasteiger partial charge in [-0.25, -0.2) is 4.79 Å². The number of amides is 1. The average molecular weight is 323 g/mol. The molecule has 6 heteroatoms. The quantitative estimate of drug-likeness (QED) is 0.705. The molecule has 0 bridgehead atoms. The zero-order chi connectivity index (χ0) is 17.4. The minimum absolute atomic E-state index is 0.168. The molecule has 0 aliphatic rings. The highest BCUT2D eigenvalue weighted by molar-refractivity contribution is 5.87. The number of rotatable bonds is 8. The maximum Gasteiger partial charge on any atom is 0.328 e. The van der Waals surface area contributed by atoms with Gasteiger partial charge in [-0.1, -0.05) is 32.0 Å². The monoisotopic (exact) mass is 323 g/mol. The number of para-hydroxylation sites is 1. The number of ether oxygens (including phenoxy) is 2. The third kappa shape index (κ3) is 5.90. The normalized spacial score (nSPS) is 13.3. The summed E-state index contributed by atoms with van der Waals surface area (Å²) in [6.45, 7) is 3.81. The molecule has 1 aromatic carbocycles. The number of hydrogen-bond acceptors (Lipinski definition) is 5. The lowest BCUT2D eigenvalue weighted by molar-refractivity contribution is -0.146. The fraction of sp³-hybridized carbons (Fsp3) is 0.529. The third-order valence-electron chi connectivity index (χ3n) is 3.42. The Balaban J connectivity index is 2.85. The predicted molar refractivity (Wildman–Crippen MR) is 86.1 cm³/mol. The lowest BCUT2D eigenvalue weighted by atomic mass is 10.0. The van der Waals surface area contributed by atoms with E-state index < -0.39 is 24.0 Å². The van der Waals surface area contributed by atoms with Crippen molar-refractivity contribution in [1.82, 2.24) is 5.32 Å². The molecule has 23 heavy (non-hydrogen) atoms.